The summed E-state index contributed by atoms with van der Waals surface area (Å²) < 4.78 is 19.8. The highest BCUT2D eigenvalue weighted by Crippen LogP contribution is 2.37. The number of piperazine rings is 1. The molecular weight excluding hydrogens is 581 g/mol. The first-order valence-corrected chi connectivity index (χ1v) is 15.3. The van der Waals surface area contributed by atoms with E-state index in [1.807, 2.05) is 63.1 Å². The zero-order chi connectivity index (χ0) is 31.6. The molecule has 5 rings (SSSR count). The smallest absolute Gasteiger partial charge is 0.410 e. The van der Waals surface area contributed by atoms with Crippen molar-refractivity contribution in [3.05, 3.63) is 83.4 Å². The van der Waals surface area contributed by atoms with Crippen LogP contribution in [-0.4, -0.2) is 76.6 Å². The first-order valence-electron chi connectivity index (χ1n) is 14.9. The fraction of sp³-hybridized carbons (Fsp3) is 0.382. The van der Waals surface area contributed by atoms with Crippen molar-refractivity contribution in [3.8, 4) is 11.1 Å². The van der Waals surface area contributed by atoms with Crippen LogP contribution in [0.15, 0.2) is 67.0 Å². The fourth-order valence-electron chi connectivity index (χ4n) is 5.66. The van der Waals surface area contributed by atoms with Gasteiger partial charge in [0.2, 0.25) is 5.91 Å². The van der Waals surface area contributed by atoms with Crippen LogP contribution >= 0.6 is 11.6 Å². The molecule has 2 unspecified atom stereocenters. The van der Waals surface area contributed by atoms with Crippen LogP contribution in [0.5, 0.6) is 0 Å². The van der Waals surface area contributed by atoms with Gasteiger partial charge in [0.1, 0.15) is 17.1 Å². The normalized spacial score (nSPS) is 15.2. The number of ether oxygens (including phenoxy) is 1. The molecule has 2 aromatic carbocycles. The van der Waals surface area contributed by atoms with Crippen molar-refractivity contribution in [1.29, 1.82) is 0 Å². The highest BCUT2D eigenvalue weighted by Gasteiger charge is 2.33. The van der Waals surface area contributed by atoms with E-state index in [4.69, 9.17) is 16.3 Å². The van der Waals surface area contributed by atoms with E-state index in [1.165, 1.54) is 12.1 Å². The zero-order valence-electron chi connectivity index (χ0n) is 25.8. The number of amides is 2. The maximum absolute atomic E-state index is 14.2. The van der Waals surface area contributed by atoms with Crippen LogP contribution in [0.25, 0.3) is 22.2 Å². The van der Waals surface area contributed by atoms with Crippen molar-refractivity contribution < 1.29 is 18.7 Å². The number of nitrogens with zero attached hydrogens (tertiary/aromatic N) is 4. The number of fused-ring (bicyclic) bond motifs is 1. The van der Waals surface area contributed by atoms with Crippen molar-refractivity contribution in [2.45, 2.75) is 51.7 Å². The number of H-pyrrole nitrogens is 1. The van der Waals surface area contributed by atoms with Crippen molar-refractivity contribution >= 4 is 40.3 Å². The molecule has 0 saturated carbocycles. The number of aromatic nitrogens is 2. The third-order valence-electron chi connectivity index (χ3n) is 8.09. The van der Waals surface area contributed by atoms with Crippen molar-refractivity contribution in [2.75, 3.05) is 38.1 Å². The summed E-state index contributed by atoms with van der Waals surface area (Å²) in [5.41, 5.74) is 3.54. The van der Waals surface area contributed by atoms with Gasteiger partial charge in [0.15, 0.2) is 0 Å². The molecular formula is C34H39ClFN5O3. The Morgan fingerprint density at radius 1 is 1.09 bits per heavy atom. The number of pyridine rings is 1. The van der Waals surface area contributed by atoms with Gasteiger partial charge in [-0.3, -0.25) is 4.79 Å². The standard InChI is InChI=1S/C34H39ClFN5O3/c1-22(39(5)33(43)44-34(2,3)4)19-28(23-9-11-25(35)12-10-23)32(42)41-17-15-40(16-18-41)30-27-13-14-37-31(27)38-21-29(30)24-7-6-8-26(36)20-24/h6-14,20-22,28H,15-19H2,1-5H3,(H,37,38). The van der Waals surface area contributed by atoms with E-state index in [9.17, 15) is 14.0 Å². The summed E-state index contributed by atoms with van der Waals surface area (Å²) in [6.07, 6.45) is 3.62. The van der Waals surface area contributed by atoms with E-state index in [-0.39, 0.29) is 17.8 Å². The van der Waals surface area contributed by atoms with Crippen LogP contribution in [0.4, 0.5) is 14.9 Å². The van der Waals surface area contributed by atoms with Crippen LogP contribution < -0.4 is 4.90 Å². The molecule has 4 aromatic rings. The van der Waals surface area contributed by atoms with E-state index in [1.54, 1.807) is 36.3 Å². The minimum atomic E-state index is -0.620. The molecule has 3 heterocycles. The Balaban J connectivity index is 1.36. The summed E-state index contributed by atoms with van der Waals surface area (Å²) in [6, 6.07) is 15.6. The van der Waals surface area contributed by atoms with Gasteiger partial charge in [0, 0.05) is 67.6 Å². The maximum atomic E-state index is 14.2. The summed E-state index contributed by atoms with van der Waals surface area (Å²) in [5, 5.41) is 1.54. The molecule has 1 aliphatic rings. The van der Waals surface area contributed by atoms with Gasteiger partial charge >= 0.3 is 6.09 Å². The zero-order valence-corrected chi connectivity index (χ0v) is 26.6. The Morgan fingerprint density at radius 3 is 2.45 bits per heavy atom. The number of aromatic amines is 1. The highest BCUT2D eigenvalue weighted by atomic mass is 35.5. The predicted octanol–water partition coefficient (Wildman–Crippen LogP) is 7.10. The van der Waals surface area contributed by atoms with Gasteiger partial charge in [-0.15, -0.1) is 0 Å². The van der Waals surface area contributed by atoms with E-state index in [2.05, 4.69) is 14.9 Å². The minimum absolute atomic E-state index is 0.00304. The summed E-state index contributed by atoms with van der Waals surface area (Å²) in [7, 11) is 1.70. The number of carbonyl (C=O) groups is 2. The second-order valence-corrected chi connectivity index (χ2v) is 12.8. The van der Waals surface area contributed by atoms with E-state index in [0.717, 1.165) is 33.4 Å². The predicted molar refractivity (Wildman–Crippen MR) is 173 cm³/mol. The van der Waals surface area contributed by atoms with Crippen molar-refractivity contribution in [3.63, 3.8) is 0 Å². The molecule has 1 fully saturated rings. The van der Waals surface area contributed by atoms with E-state index < -0.39 is 17.6 Å². The number of benzene rings is 2. The minimum Gasteiger partial charge on any atom is -0.444 e. The molecule has 0 bridgehead atoms. The Hall–Kier alpha value is -4.11. The third-order valence-corrected chi connectivity index (χ3v) is 8.34. The lowest BCUT2D eigenvalue weighted by molar-refractivity contribution is -0.133. The maximum Gasteiger partial charge on any atom is 0.410 e. The number of halogens is 2. The Kier molecular flexibility index (Phi) is 9.15. The topological polar surface area (TPSA) is 81.8 Å². The highest BCUT2D eigenvalue weighted by molar-refractivity contribution is 6.30. The molecule has 2 atom stereocenters. The average Bonchev–Trinajstić information content (AvgIpc) is 3.47. The molecule has 1 aliphatic heterocycles. The first kappa shape index (κ1) is 31.3. The van der Waals surface area contributed by atoms with Gasteiger partial charge < -0.3 is 24.4 Å². The second-order valence-electron chi connectivity index (χ2n) is 12.4. The lowest BCUT2D eigenvalue weighted by Gasteiger charge is -2.39. The molecule has 1 N–H and O–H groups in total. The summed E-state index contributed by atoms with van der Waals surface area (Å²) in [5.74, 6) is -0.778. The number of carbonyl (C=O) groups excluding carboxylic acids is 2. The van der Waals surface area contributed by atoms with E-state index in [0.29, 0.717) is 37.6 Å². The van der Waals surface area contributed by atoms with Crippen LogP contribution in [0.1, 0.15) is 45.6 Å². The van der Waals surface area contributed by atoms with Gasteiger partial charge in [-0.2, -0.15) is 0 Å². The number of rotatable bonds is 7. The summed E-state index contributed by atoms with van der Waals surface area (Å²) in [4.78, 5) is 40.4. The summed E-state index contributed by atoms with van der Waals surface area (Å²) in [6.45, 7) is 9.63. The quantitative estimate of drug-likeness (QED) is 0.239. The molecule has 10 heteroatoms. The van der Waals surface area contributed by atoms with Crippen LogP contribution in [0.2, 0.25) is 5.02 Å². The molecule has 232 valence electrons. The first-order chi connectivity index (χ1) is 20.9. The van der Waals surface area contributed by atoms with Crippen LogP contribution in [-0.2, 0) is 9.53 Å². The molecule has 2 amide bonds. The van der Waals surface area contributed by atoms with E-state index >= 15 is 0 Å². The molecule has 8 nitrogen and oxygen atoms in total. The second kappa shape index (κ2) is 12.9. The van der Waals surface area contributed by atoms with Crippen LogP contribution in [0.3, 0.4) is 0 Å². The van der Waals surface area contributed by atoms with Crippen LogP contribution in [0, 0.1) is 5.82 Å². The number of anilines is 1. The Morgan fingerprint density at radius 2 is 1.80 bits per heavy atom. The lowest BCUT2D eigenvalue weighted by Crippen LogP contribution is -2.51. The Bertz CT molecular complexity index is 1630. The molecule has 1 saturated heterocycles. The third kappa shape index (κ3) is 6.99. The molecule has 44 heavy (non-hydrogen) atoms. The van der Waals surface area contributed by atoms with Crippen molar-refractivity contribution in [2.24, 2.45) is 0 Å². The summed E-state index contributed by atoms with van der Waals surface area (Å²) >= 11 is 6.18. The van der Waals surface area contributed by atoms with Gasteiger partial charge in [0.05, 0.1) is 11.6 Å². The van der Waals surface area contributed by atoms with Gasteiger partial charge in [-0.1, -0.05) is 35.9 Å². The number of hydrogen-bond acceptors (Lipinski definition) is 5. The Labute approximate surface area is 262 Å². The molecule has 2 aromatic heterocycles. The van der Waals surface area contributed by atoms with Gasteiger partial charge in [0.25, 0.3) is 0 Å². The molecule has 0 spiro atoms. The number of nitrogens with one attached hydrogen (secondary N) is 1. The fourth-order valence-corrected chi connectivity index (χ4v) is 5.79. The largest absolute Gasteiger partial charge is 0.444 e. The molecule has 0 radical (unpaired) electrons. The van der Waals surface area contributed by atoms with Crippen molar-refractivity contribution in [1.82, 2.24) is 19.8 Å². The number of hydrogen-bond donors (Lipinski definition) is 1. The SMILES string of the molecule is CC(CC(C(=O)N1CCN(c2c(-c3cccc(F)c3)cnc3[nH]ccc23)CC1)c1ccc(Cl)cc1)N(C)C(=O)OC(C)(C)C. The molecule has 0 aliphatic carbocycles. The lowest BCUT2D eigenvalue weighted by atomic mass is 9.90. The van der Waals surface area contributed by atoms with Gasteiger partial charge in [-0.25, -0.2) is 14.2 Å². The van der Waals surface area contributed by atoms with Gasteiger partial charge in [-0.05, 0) is 75.6 Å². The average molecular weight is 620 g/mol. The monoisotopic (exact) mass is 619 g/mol.